The second-order valence-corrected chi connectivity index (χ2v) is 5.35. The Hall–Kier alpha value is -1.20. The summed E-state index contributed by atoms with van der Waals surface area (Å²) in [7, 11) is 0. The summed E-state index contributed by atoms with van der Waals surface area (Å²) in [5, 5.41) is 1.98. The maximum Gasteiger partial charge on any atom is 0.193 e. The lowest BCUT2D eigenvalue weighted by atomic mass is 10.1. The number of fused-ring (bicyclic) bond motifs is 1. The smallest absolute Gasteiger partial charge is 0.193 e. The number of ketones is 1. The highest BCUT2D eigenvalue weighted by Crippen LogP contribution is 2.21. The van der Waals surface area contributed by atoms with Gasteiger partial charge in [-0.3, -0.25) is 9.20 Å². The van der Waals surface area contributed by atoms with Crippen molar-refractivity contribution in [2.45, 2.75) is 38.4 Å². The molecule has 90 valence electrons. The molecule has 4 nitrogen and oxygen atoms in total. The number of Topliss-reactive ketones (excluding diaryl/α,β-unsaturated/α-hetero) is 1. The standard InChI is InChI=1S/C12H14N2O2S/c1-8-2-3-11(16-8)10(15)6-9-7-14-4-5-17-12(14)13-9/h4-5,7-8,11H,2-3,6H2,1H3. The molecule has 0 spiro atoms. The Balaban J connectivity index is 1.70. The van der Waals surface area contributed by atoms with Crippen molar-refractivity contribution in [3.8, 4) is 0 Å². The summed E-state index contributed by atoms with van der Waals surface area (Å²) in [6.45, 7) is 2.01. The van der Waals surface area contributed by atoms with Crippen LogP contribution >= 0.6 is 11.3 Å². The van der Waals surface area contributed by atoms with Gasteiger partial charge in [0, 0.05) is 17.8 Å². The summed E-state index contributed by atoms with van der Waals surface area (Å²) < 4.78 is 7.52. The fourth-order valence-corrected chi connectivity index (χ4v) is 2.91. The minimum Gasteiger partial charge on any atom is -0.367 e. The van der Waals surface area contributed by atoms with Gasteiger partial charge in [-0.15, -0.1) is 11.3 Å². The van der Waals surface area contributed by atoms with Crippen molar-refractivity contribution < 1.29 is 9.53 Å². The number of nitrogens with zero attached hydrogens (tertiary/aromatic N) is 2. The van der Waals surface area contributed by atoms with Gasteiger partial charge in [0.15, 0.2) is 10.7 Å². The van der Waals surface area contributed by atoms with Gasteiger partial charge in [0.2, 0.25) is 0 Å². The SMILES string of the molecule is CC1CCC(C(=O)Cc2cn3ccsc3n2)O1. The van der Waals surface area contributed by atoms with Gasteiger partial charge in [-0.2, -0.15) is 0 Å². The lowest BCUT2D eigenvalue weighted by Crippen LogP contribution is -2.22. The van der Waals surface area contributed by atoms with Gasteiger partial charge in [0.25, 0.3) is 0 Å². The summed E-state index contributed by atoms with van der Waals surface area (Å²) in [6.07, 6.45) is 6.08. The Morgan fingerprint density at radius 2 is 2.53 bits per heavy atom. The summed E-state index contributed by atoms with van der Waals surface area (Å²) in [5.41, 5.74) is 0.838. The van der Waals surface area contributed by atoms with E-state index in [1.165, 1.54) is 0 Å². The fourth-order valence-electron chi connectivity index (χ4n) is 2.19. The molecular formula is C12H14N2O2S. The molecule has 1 fully saturated rings. The Kier molecular flexibility index (Phi) is 2.72. The number of carbonyl (C=O) groups excluding carboxylic acids is 1. The molecule has 2 atom stereocenters. The highest BCUT2D eigenvalue weighted by molar-refractivity contribution is 7.15. The third-order valence-corrected chi connectivity index (χ3v) is 3.86. The normalized spacial score (nSPS) is 24.5. The van der Waals surface area contributed by atoms with Gasteiger partial charge < -0.3 is 4.74 Å². The van der Waals surface area contributed by atoms with Crippen LogP contribution in [0.3, 0.4) is 0 Å². The van der Waals surface area contributed by atoms with Crippen molar-refractivity contribution in [3.63, 3.8) is 0 Å². The number of aromatic nitrogens is 2. The minimum absolute atomic E-state index is 0.153. The first-order chi connectivity index (χ1) is 8.22. The van der Waals surface area contributed by atoms with Crippen LogP contribution in [0.5, 0.6) is 0 Å². The zero-order chi connectivity index (χ0) is 11.8. The van der Waals surface area contributed by atoms with Crippen molar-refractivity contribution in [3.05, 3.63) is 23.5 Å². The molecule has 17 heavy (non-hydrogen) atoms. The minimum atomic E-state index is -0.218. The molecule has 0 bridgehead atoms. The van der Waals surface area contributed by atoms with Gasteiger partial charge in [0.05, 0.1) is 18.2 Å². The van der Waals surface area contributed by atoms with Crippen molar-refractivity contribution in [2.24, 2.45) is 0 Å². The monoisotopic (exact) mass is 250 g/mol. The second-order valence-electron chi connectivity index (χ2n) is 4.48. The molecular weight excluding hydrogens is 236 g/mol. The van der Waals surface area contributed by atoms with Crippen LogP contribution in [0.4, 0.5) is 0 Å². The molecule has 1 aliphatic heterocycles. The number of ether oxygens (including phenoxy) is 1. The molecule has 0 aliphatic carbocycles. The topological polar surface area (TPSA) is 43.6 Å². The van der Waals surface area contributed by atoms with Gasteiger partial charge in [-0.1, -0.05) is 0 Å². The van der Waals surface area contributed by atoms with Crippen molar-refractivity contribution >= 4 is 22.1 Å². The van der Waals surface area contributed by atoms with E-state index in [0.29, 0.717) is 6.42 Å². The average molecular weight is 250 g/mol. The molecule has 1 aliphatic rings. The second kappa shape index (κ2) is 4.23. The predicted octanol–water partition coefficient (Wildman–Crippen LogP) is 2.07. The van der Waals surface area contributed by atoms with E-state index in [-0.39, 0.29) is 18.0 Å². The number of thiazole rings is 1. The average Bonchev–Trinajstić information content (AvgIpc) is 2.92. The number of carbonyl (C=O) groups is 1. The molecule has 0 aromatic carbocycles. The van der Waals surface area contributed by atoms with Gasteiger partial charge in [-0.25, -0.2) is 4.98 Å². The van der Waals surface area contributed by atoms with Crippen molar-refractivity contribution in [2.75, 3.05) is 0 Å². The van der Waals surface area contributed by atoms with E-state index in [2.05, 4.69) is 4.98 Å². The van der Waals surface area contributed by atoms with Crippen LogP contribution in [0.1, 0.15) is 25.5 Å². The lowest BCUT2D eigenvalue weighted by molar-refractivity contribution is -0.128. The largest absolute Gasteiger partial charge is 0.367 e. The highest BCUT2D eigenvalue weighted by atomic mass is 32.1. The molecule has 3 heterocycles. The van der Waals surface area contributed by atoms with E-state index in [9.17, 15) is 4.79 Å². The number of hydrogen-bond donors (Lipinski definition) is 0. The first kappa shape index (κ1) is 10.9. The van der Waals surface area contributed by atoms with Crippen LogP contribution in [-0.2, 0) is 16.0 Å². The number of hydrogen-bond acceptors (Lipinski definition) is 4. The van der Waals surface area contributed by atoms with Crippen LogP contribution in [0.2, 0.25) is 0 Å². The Bertz CT molecular complexity index is 517. The third kappa shape index (κ3) is 2.12. The molecule has 2 unspecified atom stereocenters. The Labute approximate surface area is 103 Å². The summed E-state index contributed by atoms with van der Waals surface area (Å²) >= 11 is 1.58. The zero-order valence-corrected chi connectivity index (χ0v) is 10.4. The molecule has 0 radical (unpaired) electrons. The third-order valence-electron chi connectivity index (χ3n) is 3.09. The van der Waals surface area contributed by atoms with Crippen LogP contribution in [0.25, 0.3) is 4.96 Å². The predicted molar refractivity (Wildman–Crippen MR) is 65.3 cm³/mol. The first-order valence-electron chi connectivity index (χ1n) is 5.81. The van der Waals surface area contributed by atoms with Crippen LogP contribution in [-0.4, -0.2) is 27.4 Å². The van der Waals surface area contributed by atoms with Crippen LogP contribution in [0.15, 0.2) is 17.8 Å². The Morgan fingerprint density at radius 3 is 3.24 bits per heavy atom. The zero-order valence-electron chi connectivity index (χ0n) is 9.63. The quantitative estimate of drug-likeness (QED) is 0.837. The lowest BCUT2D eigenvalue weighted by Gasteiger charge is -2.08. The molecule has 3 rings (SSSR count). The fraction of sp³-hybridized carbons (Fsp3) is 0.500. The molecule has 2 aromatic heterocycles. The Morgan fingerprint density at radius 1 is 1.65 bits per heavy atom. The van der Waals surface area contributed by atoms with E-state index in [4.69, 9.17) is 4.74 Å². The number of imidazole rings is 1. The summed E-state index contributed by atoms with van der Waals surface area (Å²) in [4.78, 5) is 17.3. The molecule has 1 saturated heterocycles. The molecule has 5 heteroatoms. The summed E-state index contributed by atoms with van der Waals surface area (Å²) in [6, 6.07) is 0. The van der Waals surface area contributed by atoms with Crippen LogP contribution in [0, 0.1) is 0 Å². The van der Waals surface area contributed by atoms with Crippen molar-refractivity contribution in [1.82, 2.24) is 9.38 Å². The molecule has 0 saturated carbocycles. The van der Waals surface area contributed by atoms with E-state index >= 15 is 0 Å². The molecule has 0 amide bonds. The van der Waals surface area contributed by atoms with E-state index < -0.39 is 0 Å². The van der Waals surface area contributed by atoms with Crippen LogP contribution < -0.4 is 0 Å². The van der Waals surface area contributed by atoms with Gasteiger partial charge in [0.1, 0.15) is 6.10 Å². The maximum atomic E-state index is 12.0. The van der Waals surface area contributed by atoms with E-state index in [1.54, 1.807) is 11.3 Å². The molecule has 2 aromatic rings. The maximum absolute atomic E-state index is 12.0. The highest BCUT2D eigenvalue weighted by Gasteiger charge is 2.28. The van der Waals surface area contributed by atoms with E-state index in [0.717, 1.165) is 23.5 Å². The van der Waals surface area contributed by atoms with Gasteiger partial charge >= 0.3 is 0 Å². The van der Waals surface area contributed by atoms with Gasteiger partial charge in [-0.05, 0) is 19.8 Å². The first-order valence-corrected chi connectivity index (χ1v) is 6.69. The number of rotatable bonds is 3. The summed E-state index contributed by atoms with van der Waals surface area (Å²) in [5.74, 6) is 0.153. The van der Waals surface area contributed by atoms with E-state index in [1.807, 2.05) is 29.1 Å². The molecule has 0 N–H and O–H groups in total. The van der Waals surface area contributed by atoms with Crippen molar-refractivity contribution in [1.29, 1.82) is 0 Å².